The molecule has 0 aromatic heterocycles. The molecule has 1 fully saturated rings. The SMILES string of the molecule is O=C(O)C1CCC(=O)N1CC1CCCc2ccccc21. The van der Waals surface area contributed by atoms with E-state index in [1.807, 2.05) is 12.1 Å². The summed E-state index contributed by atoms with van der Waals surface area (Å²) in [5, 5.41) is 9.23. The number of likely N-dealkylation sites (tertiary alicyclic amines) is 1. The summed E-state index contributed by atoms with van der Waals surface area (Å²) < 4.78 is 0. The quantitative estimate of drug-likeness (QED) is 0.918. The molecule has 1 aromatic rings. The molecule has 4 nitrogen and oxygen atoms in total. The van der Waals surface area contributed by atoms with Crippen LogP contribution in [0.4, 0.5) is 0 Å². The first-order valence-electron chi connectivity index (χ1n) is 7.27. The van der Waals surface area contributed by atoms with Gasteiger partial charge in [0.25, 0.3) is 0 Å². The van der Waals surface area contributed by atoms with E-state index in [9.17, 15) is 14.7 Å². The second kappa shape index (κ2) is 5.27. The minimum Gasteiger partial charge on any atom is -0.480 e. The number of hydrogen-bond acceptors (Lipinski definition) is 2. The van der Waals surface area contributed by atoms with Gasteiger partial charge in [-0.15, -0.1) is 0 Å². The van der Waals surface area contributed by atoms with Crippen LogP contribution in [0, 0.1) is 0 Å². The van der Waals surface area contributed by atoms with Gasteiger partial charge in [0.1, 0.15) is 6.04 Å². The molecule has 2 aliphatic rings. The van der Waals surface area contributed by atoms with E-state index in [1.165, 1.54) is 11.1 Å². The van der Waals surface area contributed by atoms with Crippen LogP contribution in [0.2, 0.25) is 0 Å². The zero-order chi connectivity index (χ0) is 14.1. The molecule has 2 unspecified atom stereocenters. The van der Waals surface area contributed by atoms with Crippen molar-refractivity contribution in [2.24, 2.45) is 0 Å². The molecule has 1 amide bonds. The lowest BCUT2D eigenvalue weighted by molar-refractivity contribution is -0.146. The molecule has 1 aliphatic carbocycles. The zero-order valence-electron chi connectivity index (χ0n) is 11.4. The van der Waals surface area contributed by atoms with E-state index < -0.39 is 12.0 Å². The van der Waals surface area contributed by atoms with E-state index in [4.69, 9.17) is 0 Å². The third kappa shape index (κ3) is 2.30. The molecule has 2 atom stereocenters. The van der Waals surface area contributed by atoms with Gasteiger partial charge in [0.05, 0.1) is 0 Å². The van der Waals surface area contributed by atoms with Gasteiger partial charge in [-0.25, -0.2) is 4.79 Å². The third-order valence-electron chi connectivity index (χ3n) is 4.52. The molecule has 1 saturated heterocycles. The van der Waals surface area contributed by atoms with Crippen LogP contribution in [-0.4, -0.2) is 34.5 Å². The lowest BCUT2D eigenvalue weighted by Crippen LogP contribution is -2.41. The van der Waals surface area contributed by atoms with E-state index in [0.717, 1.165) is 19.3 Å². The van der Waals surface area contributed by atoms with Crippen LogP contribution in [0.5, 0.6) is 0 Å². The van der Waals surface area contributed by atoms with Gasteiger partial charge in [-0.2, -0.15) is 0 Å². The molecule has 0 bridgehead atoms. The summed E-state index contributed by atoms with van der Waals surface area (Å²) in [7, 11) is 0. The molecular formula is C16H19NO3. The molecule has 106 valence electrons. The van der Waals surface area contributed by atoms with Crippen LogP contribution in [0.15, 0.2) is 24.3 Å². The molecule has 0 radical (unpaired) electrons. The van der Waals surface area contributed by atoms with Crippen LogP contribution in [0.1, 0.15) is 42.7 Å². The van der Waals surface area contributed by atoms with Crippen molar-refractivity contribution in [3.63, 3.8) is 0 Å². The predicted molar refractivity (Wildman–Crippen MR) is 74.5 cm³/mol. The molecule has 0 saturated carbocycles. The Morgan fingerprint density at radius 1 is 1.25 bits per heavy atom. The van der Waals surface area contributed by atoms with Gasteiger partial charge in [0.15, 0.2) is 0 Å². The lowest BCUT2D eigenvalue weighted by Gasteiger charge is -2.31. The Bertz CT molecular complexity index is 540. The van der Waals surface area contributed by atoms with Crippen LogP contribution in [0.3, 0.4) is 0 Å². The van der Waals surface area contributed by atoms with Crippen LogP contribution >= 0.6 is 0 Å². The van der Waals surface area contributed by atoms with Gasteiger partial charge in [-0.3, -0.25) is 4.79 Å². The van der Waals surface area contributed by atoms with Gasteiger partial charge in [-0.05, 0) is 36.8 Å². The standard InChI is InChI=1S/C16H19NO3/c18-15-9-8-14(16(19)20)17(15)10-12-6-3-5-11-4-1-2-7-13(11)12/h1-2,4,7,12,14H,3,5-6,8-10H2,(H,19,20). The van der Waals surface area contributed by atoms with Gasteiger partial charge in [-0.1, -0.05) is 24.3 Å². The highest BCUT2D eigenvalue weighted by atomic mass is 16.4. The van der Waals surface area contributed by atoms with E-state index in [-0.39, 0.29) is 11.8 Å². The maximum absolute atomic E-state index is 11.9. The van der Waals surface area contributed by atoms with E-state index >= 15 is 0 Å². The summed E-state index contributed by atoms with van der Waals surface area (Å²) in [6, 6.07) is 7.70. The van der Waals surface area contributed by atoms with Gasteiger partial charge in [0.2, 0.25) is 5.91 Å². The van der Waals surface area contributed by atoms with Crippen molar-refractivity contribution >= 4 is 11.9 Å². The van der Waals surface area contributed by atoms with E-state index in [2.05, 4.69) is 12.1 Å². The summed E-state index contributed by atoms with van der Waals surface area (Å²) in [6.07, 6.45) is 4.05. The fraction of sp³-hybridized carbons (Fsp3) is 0.500. The zero-order valence-corrected chi connectivity index (χ0v) is 11.4. The fourth-order valence-corrected chi connectivity index (χ4v) is 3.50. The maximum Gasteiger partial charge on any atom is 0.326 e. The summed E-state index contributed by atoms with van der Waals surface area (Å²) in [4.78, 5) is 24.8. The van der Waals surface area contributed by atoms with Crippen molar-refractivity contribution < 1.29 is 14.7 Å². The summed E-state index contributed by atoms with van der Waals surface area (Å²) in [5.41, 5.74) is 2.64. The summed E-state index contributed by atoms with van der Waals surface area (Å²) in [5.74, 6) is -0.607. The number of amides is 1. The number of carboxylic acids is 1. The van der Waals surface area contributed by atoms with Crippen LogP contribution in [-0.2, 0) is 16.0 Å². The molecule has 20 heavy (non-hydrogen) atoms. The van der Waals surface area contributed by atoms with Gasteiger partial charge >= 0.3 is 5.97 Å². The highest BCUT2D eigenvalue weighted by molar-refractivity contribution is 5.87. The first-order valence-corrected chi connectivity index (χ1v) is 7.27. The smallest absolute Gasteiger partial charge is 0.326 e. The van der Waals surface area contributed by atoms with Crippen LogP contribution in [0.25, 0.3) is 0 Å². The van der Waals surface area contributed by atoms with Gasteiger partial charge < -0.3 is 10.0 Å². The largest absolute Gasteiger partial charge is 0.480 e. The minimum absolute atomic E-state index is 0.0135. The van der Waals surface area contributed by atoms with Crippen molar-refractivity contribution in [1.82, 2.24) is 4.90 Å². The molecule has 3 rings (SSSR count). The Morgan fingerprint density at radius 3 is 2.85 bits per heavy atom. The molecule has 1 aliphatic heterocycles. The topological polar surface area (TPSA) is 57.6 Å². The molecular weight excluding hydrogens is 254 g/mol. The second-order valence-electron chi connectivity index (χ2n) is 5.73. The van der Waals surface area contributed by atoms with E-state index in [0.29, 0.717) is 19.4 Å². The number of rotatable bonds is 3. The fourth-order valence-electron chi connectivity index (χ4n) is 3.50. The number of carboxylic acid groups (broad SMARTS) is 1. The predicted octanol–water partition coefficient (Wildman–Crippen LogP) is 2.18. The first kappa shape index (κ1) is 13.2. The number of fused-ring (bicyclic) bond motifs is 1. The Labute approximate surface area is 118 Å². The molecule has 1 N–H and O–H groups in total. The number of benzene rings is 1. The van der Waals surface area contributed by atoms with E-state index in [1.54, 1.807) is 4.90 Å². The van der Waals surface area contributed by atoms with Crippen molar-refractivity contribution in [3.8, 4) is 0 Å². The second-order valence-corrected chi connectivity index (χ2v) is 5.73. The summed E-state index contributed by atoms with van der Waals surface area (Å²) >= 11 is 0. The Morgan fingerprint density at radius 2 is 2.05 bits per heavy atom. The summed E-state index contributed by atoms with van der Waals surface area (Å²) in [6.45, 7) is 0.548. The highest BCUT2D eigenvalue weighted by Gasteiger charge is 2.37. The molecule has 0 spiro atoms. The Balaban J connectivity index is 1.81. The van der Waals surface area contributed by atoms with Crippen molar-refractivity contribution in [2.45, 2.75) is 44.1 Å². The Kier molecular flexibility index (Phi) is 3.47. The third-order valence-corrected chi connectivity index (χ3v) is 4.52. The normalized spacial score (nSPS) is 25.6. The number of carbonyl (C=O) groups is 2. The van der Waals surface area contributed by atoms with Crippen molar-refractivity contribution in [3.05, 3.63) is 35.4 Å². The highest BCUT2D eigenvalue weighted by Crippen LogP contribution is 2.34. The average Bonchev–Trinajstić information content (AvgIpc) is 2.81. The minimum atomic E-state index is -0.875. The first-order chi connectivity index (χ1) is 9.66. The van der Waals surface area contributed by atoms with Gasteiger partial charge in [0, 0.05) is 18.9 Å². The average molecular weight is 273 g/mol. The number of aliphatic carboxylic acids is 1. The molecule has 1 heterocycles. The number of hydrogen-bond donors (Lipinski definition) is 1. The van der Waals surface area contributed by atoms with Crippen LogP contribution < -0.4 is 0 Å². The monoisotopic (exact) mass is 273 g/mol. The molecule has 4 heteroatoms. The van der Waals surface area contributed by atoms with Crippen molar-refractivity contribution in [1.29, 1.82) is 0 Å². The molecule has 1 aromatic carbocycles. The lowest BCUT2D eigenvalue weighted by atomic mass is 9.82. The number of aryl methyl sites for hydroxylation is 1. The number of nitrogens with zero attached hydrogens (tertiary/aromatic N) is 1. The number of carbonyl (C=O) groups excluding carboxylic acids is 1. The maximum atomic E-state index is 11.9. The Hall–Kier alpha value is -1.84. The van der Waals surface area contributed by atoms with Crippen molar-refractivity contribution in [2.75, 3.05) is 6.54 Å².